The lowest BCUT2D eigenvalue weighted by atomic mass is 10.4. The van der Waals surface area contributed by atoms with Gasteiger partial charge >= 0.3 is 0 Å². The highest BCUT2D eigenvalue weighted by molar-refractivity contribution is 7.97. The van der Waals surface area contributed by atoms with Crippen molar-refractivity contribution in [2.75, 3.05) is 0 Å². The van der Waals surface area contributed by atoms with Crippen molar-refractivity contribution in [2.24, 2.45) is 0 Å². The van der Waals surface area contributed by atoms with Crippen LogP contribution in [0.3, 0.4) is 0 Å². The summed E-state index contributed by atoms with van der Waals surface area (Å²) >= 11 is 0. The van der Waals surface area contributed by atoms with Gasteiger partial charge in [-0.3, -0.25) is 0 Å². The molecule has 26 heavy (non-hydrogen) atoms. The van der Waals surface area contributed by atoms with Crippen LogP contribution < -0.4 is 0 Å². The van der Waals surface area contributed by atoms with Crippen molar-refractivity contribution in [3.63, 3.8) is 0 Å². The largest absolute Gasteiger partial charge is 0.197 e. The molecule has 0 heterocycles. The van der Waals surface area contributed by atoms with Gasteiger partial charge < -0.3 is 0 Å². The summed E-state index contributed by atoms with van der Waals surface area (Å²) in [6, 6.07) is 44.2. The van der Waals surface area contributed by atoms with Crippen LogP contribution in [0.25, 0.3) is 0 Å². The van der Waals surface area contributed by atoms with Crippen molar-refractivity contribution in [3.8, 4) is 0 Å². The van der Waals surface area contributed by atoms with Gasteiger partial charge in [0.25, 0.3) is 0 Å². The fourth-order valence-electron chi connectivity index (χ4n) is 2.46. The molecule has 4 rings (SSSR count). The van der Waals surface area contributed by atoms with E-state index in [2.05, 4.69) is 91.0 Å². The molecule has 0 atom stereocenters. The monoisotopic (exact) mass is 375 g/mol. The molecule has 0 saturated carbocycles. The topological polar surface area (TPSA) is 0 Å². The quantitative estimate of drug-likeness (QED) is 0.355. The molecule has 0 aliphatic carbocycles. The van der Waals surface area contributed by atoms with Crippen LogP contribution in [0.4, 0.5) is 0 Å². The third kappa shape index (κ3) is 5.83. The molecule has 4 aromatic rings. The van der Waals surface area contributed by atoms with Gasteiger partial charge in [0.05, 0.1) is 10.9 Å². The van der Waals surface area contributed by atoms with Gasteiger partial charge in [-0.1, -0.05) is 91.0 Å². The van der Waals surface area contributed by atoms with Crippen molar-refractivity contribution >= 4 is 24.4 Å². The van der Waals surface area contributed by atoms with E-state index >= 15 is 0 Å². The summed E-state index contributed by atoms with van der Waals surface area (Å²) in [5, 5.41) is 0. The highest BCUT2D eigenvalue weighted by atomic mass is 32.2. The molecular weight excluding hydrogens is 352 g/mol. The highest BCUT2D eigenvalue weighted by Crippen LogP contribution is 2.30. The van der Waals surface area contributed by atoms with Gasteiger partial charge in [0, 0.05) is 0 Å². The molecule has 0 N–H and O–H groups in total. The zero-order valence-electron chi connectivity index (χ0n) is 14.5. The van der Waals surface area contributed by atoms with Crippen LogP contribution in [0.5, 0.6) is 0 Å². The minimum Gasteiger partial charge on any atom is -0.197 e. The van der Waals surface area contributed by atoms with Crippen molar-refractivity contribution < 1.29 is 0 Å². The van der Waals surface area contributed by atoms with Crippen LogP contribution in [0.15, 0.2) is 142 Å². The maximum atomic E-state index is 2.21. The Kier molecular flexibility index (Phi) is 8.61. The van der Waals surface area contributed by atoms with E-state index in [4.69, 9.17) is 0 Å². The second kappa shape index (κ2) is 11.2. The minimum atomic E-state index is -0.0146. The summed E-state index contributed by atoms with van der Waals surface area (Å²) in [6.07, 6.45) is 0. The molecule has 2 heteroatoms. The third-order valence-corrected chi connectivity index (χ3v) is 5.83. The first-order chi connectivity index (χ1) is 12.4. The van der Waals surface area contributed by atoms with Gasteiger partial charge in [-0.2, -0.15) is 13.5 Å². The lowest BCUT2D eigenvalue weighted by molar-refractivity contribution is 1.32. The molecule has 0 fully saturated rings. The predicted molar refractivity (Wildman–Crippen MR) is 118 cm³/mol. The average molecular weight is 376 g/mol. The molecule has 0 saturated heterocycles. The number of hydrogen-bond donors (Lipinski definition) is 0. The molecule has 0 radical (unpaired) electrons. The van der Waals surface area contributed by atoms with E-state index in [0.29, 0.717) is 0 Å². The summed E-state index contributed by atoms with van der Waals surface area (Å²) in [5.41, 5.74) is 0. The van der Waals surface area contributed by atoms with Crippen LogP contribution in [-0.4, -0.2) is 0 Å². The summed E-state index contributed by atoms with van der Waals surface area (Å²) in [4.78, 5) is 4.08. The molecular formula is C24H23S2+. The Balaban J connectivity index is 0.000000297. The SMILES string of the molecule is S.c1ccc([S+](c2ccccc2)c2ccccc2)cc1.c1ccccc1. The van der Waals surface area contributed by atoms with E-state index in [1.165, 1.54) is 14.7 Å². The molecule has 0 spiro atoms. The average Bonchev–Trinajstić information content (AvgIpc) is 2.72. The first-order valence-corrected chi connectivity index (χ1v) is 9.57. The Morgan fingerprint density at radius 1 is 0.308 bits per heavy atom. The Morgan fingerprint density at radius 2 is 0.500 bits per heavy atom. The molecule has 0 aliphatic heterocycles. The van der Waals surface area contributed by atoms with Crippen LogP contribution >= 0.6 is 13.5 Å². The fraction of sp³-hybridized carbons (Fsp3) is 0. The van der Waals surface area contributed by atoms with E-state index < -0.39 is 0 Å². The maximum absolute atomic E-state index is 2.21. The zero-order chi connectivity index (χ0) is 17.2. The molecule has 0 aliphatic rings. The lowest BCUT2D eigenvalue weighted by Gasteiger charge is -2.07. The molecule has 0 aromatic heterocycles. The molecule has 130 valence electrons. The number of benzene rings is 4. The number of rotatable bonds is 3. The fourth-order valence-corrected chi connectivity index (χ4v) is 4.57. The Morgan fingerprint density at radius 3 is 0.731 bits per heavy atom. The Hall–Kier alpha value is -2.42. The van der Waals surface area contributed by atoms with Gasteiger partial charge in [0.15, 0.2) is 14.7 Å². The van der Waals surface area contributed by atoms with Gasteiger partial charge in [0.1, 0.15) is 0 Å². The molecule has 0 nitrogen and oxygen atoms in total. The van der Waals surface area contributed by atoms with Crippen molar-refractivity contribution in [3.05, 3.63) is 127 Å². The molecule has 0 unspecified atom stereocenters. The van der Waals surface area contributed by atoms with Crippen molar-refractivity contribution in [2.45, 2.75) is 14.7 Å². The maximum Gasteiger partial charge on any atom is 0.166 e. The van der Waals surface area contributed by atoms with E-state index in [0.717, 1.165) is 0 Å². The Bertz CT molecular complexity index is 711. The Labute approximate surface area is 166 Å². The smallest absolute Gasteiger partial charge is 0.166 e. The van der Waals surface area contributed by atoms with E-state index in [9.17, 15) is 0 Å². The minimum absolute atomic E-state index is 0. The van der Waals surface area contributed by atoms with E-state index in [-0.39, 0.29) is 24.4 Å². The third-order valence-electron chi connectivity index (χ3n) is 3.60. The molecule has 0 amide bonds. The second-order valence-electron chi connectivity index (χ2n) is 5.40. The lowest BCUT2D eigenvalue weighted by Crippen LogP contribution is -2.04. The normalized spacial score (nSPS) is 9.58. The van der Waals surface area contributed by atoms with Crippen LogP contribution in [0.1, 0.15) is 0 Å². The molecule has 0 bridgehead atoms. The summed E-state index contributed by atoms with van der Waals surface area (Å²) in [5.74, 6) is 0. The summed E-state index contributed by atoms with van der Waals surface area (Å²) in [7, 11) is -0.0146. The highest BCUT2D eigenvalue weighted by Gasteiger charge is 2.27. The van der Waals surface area contributed by atoms with Gasteiger partial charge in [0.2, 0.25) is 0 Å². The standard InChI is InChI=1S/C18H15S.C6H6.H2S/c1-4-10-16(11-5-1)19(17-12-6-2-7-13-17)18-14-8-3-9-15-18;1-2-4-6-5-3-1;/h1-15H;1-6H;1H2/q+1;;. The summed E-state index contributed by atoms with van der Waals surface area (Å²) < 4.78 is 0. The summed E-state index contributed by atoms with van der Waals surface area (Å²) in [6.45, 7) is 0. The first-order valence-electron chi connectivity index (χ1n) is 8.34. The van der Waals surface area contributed by atoms with Crippen molar-refractivity contribution in [1.29, 1.82) is 0 Å². The van der Waals surface area contributed by atoms with Gasteiger partial charge in [-0.25, -0.2) is 0 Å². The number of hydrogen-bond acceptors (Lipinski definition) is 0. The van der Waals surface area contributed by atoms with Gasteiger partial charge in [-0.15, -0.1) is 0 Å². The second-order valence-corrected chi connectivity index (χ2v) is 7.43. The first kappa shape index (κ1) is 19.9. The van der Waals surface area contributed by atoms with Gasteiger partial charge in [-0.05, 0) is 36.4 Å². The van der Waals surface area contributed by atoms with Crippen LogP contribution in [0.2, 0.25) is 0 Å². The zero-order valence-corrected chi connectivity index (χ0v) is 16.3. The van der Waals surface area contributed by atoms with E-state index in [1.807, 2.05) is 36.4 Å². The van der Waals surface area contributed by atoms with Crippen molar-refractivity contribution in [1.82, 2.24) is 0 Å². The molecule has 4 aromatic carbocycles. The van der Waals surface area contributed by atoms with Crippen LogP contribution in [0, 0.1) is 0 Å². The van der Waals surface area contributed by atoms with E-state index in [1.54, 1.807) is 0 Å². The van der Waals surface area contributed by atoms with Crippen LogP contribution in [-0.2, 0) is 10.9 Å². The predicted octanol–water partition coefficient (Wildman–Crippen LogP) is 6.58.